The topological polar surface area (TPSA) is 21.1 Å². The van der Waals surface area contributed by atoms with Crippen molar-refractivity contribution in [2.75, 3.05) is 18.1 Å². The van der Waals surface area contributed by atoms with Crippen LogP contribution in [0.4, 0.5) is 0 Å². The molecule has 0 spiro atoms. The fraction of sp³-hybridized carbons (Fsp3) is 0.769. The third-order valence-electron chi connectivity index (χ3n) is 3.55. The molecular formula is C13H22BrN3S. The van der Waals surface area contributed by atoms with Crippen molar-refractivity contribution in [1.29, 1.82) is 0 Å². The summed E-state index contributed by atoms with van der Waals surface area (Å²) in [5.41, 5.74) is 2.53. The zero-order valence-corrected chi connectivity index (χ0v) is 13.9. The van der Waals surface area contributed by atoms with Crippen LogP contribution in [0.1, 0.15) is 32.2 Å². The van der Waals surface area contributed by atoms with Gasteiger partial charge < -0.3 is 0 Å². The Morgan fingerprint density at radius 1 is 1.44 bits per heavy atom. The van der Waals surface area contributed by atoms with Crippen molar-refractivity contribution in [3.63, 3.8) is 0 Å². The van der Waals surface area contributed by atoms with Crippen LogP contribution < -0.4 is 0 Å². The Balaban J connectivity index is 2.19. The van der Waals surface area contributed by atoms with E-state index >= 15 is 0 Å². The summed E-state index contributed by atoms with van der Waals surface area (Å²) in [4.78, 5) is 2.57. The summed E-state index contributed by atoms with van der Waals surface area (Å²) >= 11 is 5.80. The van der Waals surface area contributed by atoms with E-state index in [0.717, 1.165) is 19.5 Å². The highest BCUT2D eigenvalue weighted by atomic mass is 79.9. The van der Waals surface area contributed by atoms with Gasteiger partial charge in [-0.3, -0.25) is 9.58 Å². The van der Waals surface area contributed by atoms with Crippen molar-refractivity contribution >= 4 is 27.7 Å². The van der Waals surface area contributed by atoms with Crippen LogP contribution in [0, 0.1) is 0 Å². The van der Waals surface area contributed by atoms with E-state index < -0.39 is 0 Å². The lowest BCUT2D eigenvalue weighted by molar-refractivity contribution is 0.217. The fourth-order valence-corrected chi connectivity index (χ4v) is 4.13. The number of nitrogens with zero attached hydrogens (tertiary/aromatic N) is 3. The van der Waals surface area contributed by atoms with Gasteiger partial charge >= 0.3 is 0 Å². The molecular weight excluding hydrogens is 310 g/mol. The molecule has 1 fully saturated rings. The van der Waals surface area contributed by atoms with Gasteiger partial charge in [0.1, 0.15) is 0 Å². The minimum Gasteiger partial charge on any atom is -0.293 e. The van der Waals surface area contributed by atoms with Crippen molar-refractivity contribution in [2.24, 2.45) is 0 Å². The maximum atomic E-state index is 4.68. The van der Waals surface area contributed by atoms with Gasteiger partial charge in [0.25, 0.3) is 0 Å². The van der Waals surface area contributed by atoms with Gasteiger partial charge in [-0.2, -0.15) is 16.9 Å². The van der Waals surface area contributed by atoms with Crippen LogP contribution in [0.5, 0.6) is 0 Å². The predicted molar refractivity (Wildman–Crippen MR) is 82.2 cm³/mol. The average Bonchev–Trinajstić information content (AvgIpc) is 2.69. The minimum atomic E-state index is 0.668. The van der Waals surface area contributed by atoms with Gasteiger partial charge in [-0.25, -0.2) is 0 Å². The highest BCUT2D eigenvalue weighted by Crippen LogP contribution is 2.26. The highest BCUT2D eigenvalue weighted by Gasteiger charge is 2.22. The molecule has 1 aromatic rings. The van der Waals surface area contributed by atoms with Crippen LogP contribution in [-0.4, -0.2) is 38.8 Å². The van der Waals surface area contributed by atoms with E-state index in [2.05, 4.69) is 63.1 Å². The first-order valence-corrected chi connectivity index (χ1v) is 8.68. The first-order chi connectivity index (χ1) is 8.67. The quantitative estimate of drug-likeness (QED) is 0.845. The number of thioether (sulfide) groups is 1. The Morgan fingerprint density at radius 3 is 2.83 bits per heavy atom. The molecule has 0 amide bonds. The van der Waals surface area contributed by atoms with E-state index in [1.807, 2.05) is 0 Å². The van der Waals surface area contributed by atoms with Gasteiger partial charge in [0.05, 0.1) is 15.9 Å². The molecule has 1 unspecified atom stereocenters. The number of rotatable bonds is 4. The zero-order chi connectivity index (χ0) is 13.1. The van der Waals surface area contributed by atoms with Gasteiger partial charge in [0.15, 0.2) is 0 Å². The summed E-state index contributed by atoms with van der Waals surface area (Å²) in [6, 6.07) is 0.668. The molecule has 5 heteroatoms. The Labute approximate surface area is 122 Å². The second-order valence-corrected chi connectivity index (χ2v) is 6.71. The Hall–Kier alpha value is -0.000000000000000111. The molecule has 3 nitrogen and oxygen atoms in total. The van der Waals surface area contributed by atoms with Crippen LogP contribution in [0.15, 0.2) is 4.47 Å². The van der Waals surface area contributed by atoms with Crippen LogP contribution in [0.3, 0.4) is 0 Å². The molecule has 0 radical (unpaired) electrons. The molecule has 18 heavy (non-hydrogen) atoms. The second kappa shape index (κ2) is 6.44. The SMILES string of the molecule is CCc1nn(CC)c(CN2CCSCC2C)c1Br. The third kappa shape index (κ3) is 2.94. The number of aryl methyl sites for hydroxylation is 2. The summed E-state index contributed by atoms with van der Waals surface area (Å²) < 4.78 is 3.37. The molecule has 1 atom stereocenters. The van der Waals surface area contributed by atoms with Gasteiger partial charge in [0.2, 0.25) is 0 Å². The molecule has 2 rings (SSSR count). The standard InChI is InChI=1S/C13H22BrN3S/c1-4-11-13(14)12(17(5-2)15-11)8-16-6-7-18-9-10(16)3/h10H,4-9H2,1-3H3. The molecule has 0 aromatic carbocycles. The van der Waals surface area contributed by atoms with Gasteiger partial charge in [0, 0.05) is 37.2 Å². The molecule has 1 saturated heterocycles. The number of hydrogen-bond donors (Lipinski definition) is 0. The van der Waals surface area contributed by atoms with Crippen molar-refractivity contribution < 1.29 is 0 Å². The maximum absolute atomic E-state index is 4.68. The van der Waals surface area contributed by atoms with E-state index in [4.69, 9.17) is 0 Å². The lowest BCUT2D eigenvalue weighted by Gasteiger charge is -2.33. The van der Waals surface area contributed by atoms with E-state index in [0.29, 0.717) is 6.04 Å². The Bertz CT molecular complexity index is 405. The van der Waals surface area contributed by atoms with Crippen LogP contribution >= 0.6 is 27.7 Å². The van der Waals surface area contributed by atoms with Crippen LogP contribution in [0.2, 0.25) is 0 Å². The Kier molecular flexibility index (Phi) is 5.15. The van der Waals surface area contributed by atoms with Gasteiger partial charge in [-0.1, -0.05) is 6.92 Å². The summed E-state index contributed by atoms with van der Waals surface area (Å²) in [6.45, 7) is 9.81. The minimum absolute atomic E-state index is 0.668. The number of hydrogen-bond acceptors (Lipinski definition) is 3. The van der Waals surface area contributed by atoms with Crippen LogP contribution in [0.25, 0.3) is 0 Å². The van der Waals surface area contributed by atoms with Gasteiger partial charge in [-0.05, 0) is 36.2 Å². The largest absolute Gasteiger partial charge is 0.293 e. The first kappa shape index (κ1) is 14.4. The molecule has 0 N–H and O–H groups in total. The molecule has 2 heterocycles. The normalized spacial score (nSPS) is 21.4. The average molecular weight is 332 g/mol. The molecule has 1 aliphatic heterocycles. The van der Waals surface area contributed by atoms with E-state index in [1.165, 1.54) is 33.9 Å². The second-order valence-electron chi connectivity index (χ2n) is 4.77. The number of aromatic nitrogens is 2. The summed E-state index contributed by atoms with van der Waals surface area (Å²) in [5, 5.41) is 4.68. The summed E-state index contributed by atoms with van der Waals surface area (Å²) in [5.74, 6) is 2.50. The first-order valence-electron chi connectivity index (χ1n) is 6.73. The molecule has 0 saturated carbocycles. The molecule has 0 bridgehead atoms. The van der Waals surface area contributed by atoms with Crippen molar-refractivity contribution in [2.45, 2.75) is 46.3 Å². The number of halogens is 1. The fourth-order valence-electron chi connectivity index (χ4n) is 2.36. The van der Waals surface area contributed by atoms with Crippen molar-refractivity contribution in [3.8, 4) is 0 Å². The smallest absolute Gasteiger partial charge is 0.0767 e. The lowest BCUT2D eigenvalue weighted by Crippen LogP contribution is -2.40. The highest BCUT2D eigenvalue weighted by molar-refractivity contribution is 9.10. The molecule has 1 aromatic heterocycles. The predicted octanol–water partition coefficient (Wildman–Crippen LogP) is 3.17. The third-order valence-corrected chi connectivity index (χ3v) is 5.66. The van der Waals surface area contributed by atoms with Crippen LogP contribution in [-0.2, 0) is 19.5 Å². The molecule has 1 aliphatic rings. The van der Waals surface area contributed by atoms with E-state index in [9.17, 15) is 0 Å². The lowest BCUT2D eigenvalue weighted by atomic mass is 10.2. The zero-order valence-electron chi connectivity index (χ0n) is 11.4. The molecule has 0 aliphatic carbocycles. The molecule has 102 valence electrons. The summed E-state index contributed by atoms with van der Waals surface area (Å²) in [6.07, 6.45) is 0.992. The van der Waals surface area contributed by atoms with Gasteiger partial charge in [-0.15, -0.1) is 0 Å². The maximum Gasteiger partial charge on any atom is 0.0767 e. The Morgan fingerprint density at radius 2 is 2.22 bits per heavy atom. The van der Waals surface area contributed by atoms with E-state index in [1.54, 1.807) is 0 Å². The van der Waals surface area contributed by atoms with E-state index in [-0.39, 0.29) is 0 Å². The van der Waals surface area contributed by atoms with Crippen molar-refractivity contribution in [1.82, 2.24) is 14.7 Å². The summed E-state index contributed by atoms with van der Waals surface area (Å²) in [7, 11) is 0. The van der Waals surface area contributed by atoms with Crippen molar-refractivity contribution in [3.05, 3.63) is 15.9 Å². The monoisotopic (exact) mass is 331 g/mol.